The van der Waals surface area contributed by atoms with Crippen molar-refractivity contribution in [2.45, 2.75) is 13.1 Å². The van der Waals surface area contributed by atoms with Gasteiger partial charge in [-0.3, -0.25) is 9.79 Å². The van der Waals surface area contributed by atoms with Gasteiger partial charge in [0.2, 0.25) is 0 Å². The Balaban J connectivity index is 0.00000338. The van der Waals surface area contributed by atoms with Crippen LogP contribution in [0.5, 0.6) is 5.75 Å². The van der Waals surface area contributed by atoms with E-state index in [1.807, 2.05) is 30.3 Å². The molecule has 2 rings (SSSR count). The van der Waals surface area contributed by atoms with Gasteiger partial charge in [0, 0.05) is 32.6 Å². The van der Waals surface area contributed by atoms with Crippen molar-refractivity contribution in [1.29, 1.82) is 0 Å². The molecule has 2 aromatic rings. The maximum Gasteiger partial charge on any atom is 0.259 e. The zero-order chi connectivity index (χ0) is 18.1. The lowest BCUT2D eigenvalue weighted by Gasteiger charge is -2.13. The number of amides is 1. The number of rotatable bonds is 7. The summed E-state index contributed by atoms with van der Waals surface area (Å²) in [4.78, 5) is 18.6. The third-order valence-corrected chi connectivity index (χ3v) is 4.33. The maximum atomic E-state index is 11.6. The molecule has 0 aliphatic rings. The number of carbonyl (C=O) groups excluding carboxylic acids is 1. The quantitative estimate of drug-likeness (QED) is 0.358. The number of likely N-dealkylation sites (N-methyl/N-ethyl adjacent to an activating group) is 1. The molecule has 0 aliphatic carbocycles. The molecule has 0 radical (unpaired) electrons. The van der Waals surface area contributed by atoms with Crippen LogP contribution in [0.2, 0.25) is 0 Å². The molecule has 0 saturated heterocycles. The monoisotopic (exact) mass is 488 g/mol. The van der Waals surface area contributed by atoms with Gasteiger partial charge in [0.25, 0.3) is 5.91 Å². The summed E-state index contributed by atoms with van der Waals surface area (Å²) in [6, 6.07) is 11.8. The van der Waals surface area contributed by atoms with Gasteiger partial charge < -0.3 is 20.3 Å². The first kappa shape index (κ1) is 22.2. The van der Waals surface area contributed by atoms with Crippen molar-refractivity contribution in [2.24, 2.45) is 4.99 Å². The first-order valence-corrected chi connectivity index (χ1v) is 8.85. The Labute approximate surface area is 175 Å². The minimum Gasteiger partial charge on any atom is -0.484 e. The predicted molar refractivity (Wildman–Crippen MR) is 117 cm³/mol. The van der Waals surface area contributed by atoms with E-state index in [1.165, 1.54) is 9.78 Å². The molecule has 0 bridgehead atoms. The first-order chi connectivity index (χ1) is 12.1. The van der Waals surface area contributed by atoms with Gasteiger partial charge in [-0.05, 0) is 29.1 Å². The molecule has 1 heterocycles. The van der Waals surface area contributed by atoms with E-state index in [-0.39, 0.29) is 36.5 Å². The molecule has 0 spiro atoms. The fourth-order valence-corrected chi connectivity index (χ4v) is 2.65. The molecule has 0 atom stereocenters. The van der Waals surface area contributed by atoms with Crippen molar-refractivity contribution in [3.05, 3.63) is 52.2 Å². The van der Waals surface area contributed by atoms with E-state index in [0.29, 0.717) is 12.3 Å². The van der Waals surface area contributed by atoms with Crippen molar-refractivity contribution < 1.29 is 9.53 Å². The zero-order valence-corrected chi connectivity index (χ0v) is 18.3. The molecular formula is C18H25IN4O2S. The third kappa shape index (κ3) is 7.61. The number of benzene rings is 1. The van der Waals surface area contributed by atoms with Gasteiger partial charge in [0.15, 0.2) is 12.6 Å². The Bertz CT molecular complexity index is 705. The average molecular weight is 488 g/mol. The molecule has 0 saturated carbocycles. The van der Waals surface area contributed by atoms with Crippen LogP contribution >= 0.6 is 35.3 Å². The summed E-state index contributed by atoms with van der Waals surface area (Å²) in [5.41, 5.74) is 1.05. The number of ether oxygens (including phenoxy) is 1. The number of thiophene rings is 1. The Morgan fingerprint density at radius 3 is 2.62 bits per heavy atom. The molecule has 0 aliphatic heterocycles. The minimum atomic E-state index is -0.0679. The fraction of sp³-hybridized carbons (Fsp3) is 0.333. The van der Waals surface area contributed by atoms with E-state index < -0.39 is 0 Å². The average Bonchev–Trinajstić information content (AvgIpc) is 3.13. The number of nitrogens with zero attached hydrogens (tertiary/aromatic N) is 2. The largest absolute Gasteiger partial charge is 0.484 e. The molecule has 2 N–H and O–H groups in total. The van der Waals surface area contributed by atoms with Crippen LogP contribution in [0.15, 0.2) is 46.8 Å². The fourth-order valence-electron chi connectivity index (χ4n) is 2.01. The van der Waals surface area contributed by atoms with Crippen molar-refractivity contribution in [3.8, 4) is 5.75 Å². The number of guanidine groups is 1. The Morgan fingerprint density at radius 1 is 1.19 bits per heavy atom. The van der Waals surface area contributed by atoms with Gasteiger partial charge in [0.1, 0.15) is 5.75 Å². The molecule has 0 fully saturated rings. The van der Waals surface area contributed by atoms with Crippen LogP contribution in [0.25, 0.3) is 0 Å². The number of halogens is 1. The first-order valence-electron chi connectivity index (χ1n) is 7.97. The predicted octanol–water partition coefficient (Wildman–Crippen LogP) is 2.70. The van der Waals surface area contributed by atoms with Gasteiger partial charge in [0.05, 0.1) is 6.54 Å². The molecule has 8 heteroatoms. The number of nitrogens with one attached hydrogen (secondary N) is 2. The normalized spacial score (nSPS) is 10.7. The molecule has 26 heavy (non-hydrogen) atoms. The highest BCUT2D eigenvalue weighted by atomic mass is 127. The highest BCUT2D eigenvalue weighted by Crippen LogP contribution is 2.13. The summed E-state index contributed by atoms with van der Waals surface area (Å²) in [5.74, 6) is 1.35. The van der Waals surface area contributed by atoms with Gasteiger partial charge in [-0.15, -0.1) is 35.3 Å². The summed E-state index contributed by atoms with van der Waals surface area (Å²) < 4.78 is 5.54. The standard InChI is InChI=1S/C18H24N4O2S.HI/c1-19-18(21-12-16-8-5-9-25-16)20-11-14-6-4-7-15(10-14)24-13-17(23)22(2)3;/h4-10H,11-13H2,1-3H3,(H2,19,20,21);1H. The van der Waals surface area contributed by atoms with Gasteiger partial charge in [-0.25, -0.2) is 0 Å². The second-order valence-electron chi connectivity index (χ2n) is 5.58. The van der Waals surface area contributed by atoms with E-state index in [0.717, 1.165) is 18.1 Å². The molecule has 142 valence electrons. The van der Waals surface area contributed by atoms with Crippen molar-refractivity contribution in [1.82, 2.24) is 15.5 Å². The van der Waals surface area contributed by atoms with Gasteiger partial charge in [-0.1, -0.05) is 18.2 Å². The Hall–Kier alpha value is -1.81. The molecule has 1 aromatic heterocycles. The van der Waals surface area contributed by atoms with Crippen LogP contribution in [-0.2, 0) is 17.9 Å². The summed E-state index contributed by atoms with van der Waals surface area (Å²) in [6.07, 6.45) is 0. The summed E-state index contributed by atoms with van der Waals surface area (Å²) in [6.45, 7) is 1.39. The van der Waals surface area contributed by atoms with Crippen molar-refractivity contribution in [2.75, 3.05) is 27.7 Å². The van der Waals surface area contributed by atoms with Crippen LogP contribution in [-0.4, -0.2) is 44.5 Å². The van der Waals surface area contributed by atoms with E-state index in [9.17, 15) is 4.79 Å². The van der Waals surface area contributed by atoms with Gasteiger partial charge in [-0.2, -0.15) is 0 Å². The third-order valence-electron chi connectivity index (χ3n) is 3.45. The Kier molecular flexibility index (Phi) is 10.0. The van der Waals surface area contributed by atoms with E-state index in [2.05, 4.69) is 27.1 Å². The van der Waals surface area contributed by atoms with Gasteiger partial charge >= 0.3 is 0 Å². The Morgan fingerprint density at radius 2 is 1.96 bits per heavy atom. The lowest BCUT2D eigenvalue weighted by atomic mass is 10.2. The van der Waals surface area contributed by atoms with E-state index in [4.69, 9.17) is 4.74 Å². The van der Waals surface area contributed by atoms with Crippen LogP contribution in [0.4, 0.5) is 0 Å². The van der Waals surface area contributed by atoms with E-state index in [1.54, 1.807) is 32.5 Å². The maximum absolute atomic E-state index is 11.6. The topological polar surface area (TPSA) is 66.0 Å². The SMILES string of the molecule is CN=C(NCc1cccc(OCC(=O)N(C)C)c1)NCc1cccs1.I. The molecule has 1 amide bonds. The summed E-state index contributed by atoms with van der Waals surface area (Å²) in [5, 5.41) is 8.60. The van der Waals surface area contributed by atoms with Crippen LogP contribution in [0.3, 0.4) is 0 Å². The minimum absolute atomic E-state index is 0. The van der Waals surface area contributed by atoms with Crippen LogP contribution in [0, 0.1) is 0 Å². The zero-order valence-electron chi connectivity index (χ0n) is 15.2. The summed E-state index contributed by atoms with van der Waals surface area (Å²) >= 11 is 1.71. The number of carbonyl (C=O) groups is 1. The molecule has 0 unspecified atom stereocenters. The number of hydrogen-bond acceptors (Lipinski definition) is 4. The van der Waals surface area contributed by atoms with Crippen LogP contribution in [0.1, 0.15) is 10.4 Å². The molecule has 6 nitrogen and oxygen atoms in total. The number of aliphatic imine (C=N–C) groups is 1. The lowest BCUT2D eigenvalue weighted by Crippen LogP contribution is -2.36. The smallest absolute Gasteiger partial charge is 0.259 e. The van der Waals surface area contributed by atoms with Crippen molar-refractivity contribution in [3.63, 3.8) is 0 Å². The molecule has 1 aromatic carbocycles. The second kappa shape index (κ2) is 11.7. The highest BCUT2D eigenvalue weighted by molar-refractivity contribution is 14.0. The second-order valence-corrected chi connectivity index (χ2v) is 6.62. The van der Waals surface area contributed by atoms with Crippen LogP contribution < -0.4 is 15.4 Å². The van der Waals surface area contributed by atoms with Crippen molar-refractivity contribution >= 4 is 47.2 Å². The van der Waals surface area contributed by atoms with E-state index >= 15 is 0 Å². The molecular weight excluding hydrogens is 463 g/mol. The lowest BCUT2D eigenvalue weighted by molar-refractivity contribution is -0.130. The summed E-state index contributed by atoms with van der Waals surface area (Å²) in [7, 11) is 5.16. The highest BCUT2D eigenvalue weighted by Gasteiger charge is 2.06. The number of hydrogen-bond donors (Lipinski definition) is 2.